The van der Waals surface area contributed by atoms with Gasteiger partial charge in [-0.25, -0.2) is 9.59 Å². The normalized spacial score (nSPS) is 12.4. The van der Waals surface area contributed by atoms with Crippen LogP contribution in [-0.2, 0) is 39.8 Å². The van der Waals surface area contributed by atoms with E-state index in [0.717, 1.165) is 49.8 Å². The molecule has 1 N–H and O–H groups in total. The van der Waals surface area contributed by atoms with E-state index in [1.165, 1.54) is 96.3 Å². The molecule has 1 aromatic rings. The van der Waals surface area contributed by atoms with E-state index in [1.54, 1.807) is 20.8 Å². The fourth-order valence-electron chi connectivity index (χ4n) is 7.06. The smallest absolute Gasteiger partial charge is 0.408 e. The van der Waals surface area contributed by atoms with Gasteiger partial charge in [0.15, 0.2) is 6.10 Å². The molecule has 0 aliphatic carbocycles. The lowest BCUT2D eigenvalue weighted by atomic mass is 10.1. The van der Waals surface area contributed by atoms with Crippen molar-refractivity contribution >= 4 is 52.9 Å². The van der Waals surface area contributed by atoms with Crippen LogP contribution in [0, 0.1) is 0 Å². The summed E-state index contributed by atoms with van der Waals surface area (Å²) in [6, 6.07) is 6.46. The van der Waals surface area contributed by atoms with Crippen LogP contribution in [0.25, 0.3) is 0 Å². The number of alkyl halides is 2. The molecule has 12 heteroatoms. The van der Waals surface area contributed by atoms with Crippen molar-refractivity contribution in [3.05, 3.63) is 29.8 Å². The highest BCUT2D eigenvalue weighted by Gasteiger charge is 2.28. The van der Waals surface area contributed by atoms with Crippen molar-refractivity contribution in [3.63, 3.8) is 0 Å². The first-order valence-corrected chi connectivity index (χ1v) is 25.0. The molecule has 0 aromatic heterocycles. The zero-order valence-electron chi connectivity index (χ0n) is 38.9. The molecule has 1 aromatic carbocycles. The number of hydrogen-bond acceptors (Lipinski definition) is 9. The molecule has 1 amide bonds. The number of amides is 1. The number of anilines is 1. The zero-order chi connectivity index (χ0) is 45.0. The van der Waals surface area contributed by atoms with Crippen LogP contribution in [0.2, 0.25) is 0 Å². The Morgan fingerprint density at radius 1 is 0.607 bits per heavy atom. The molecule has 0 aliphatic rings. The number of nitrogens with one attached hydrogen (secondary N) is 1. The predicted molar refractivity (Wildman–Crippen MR) is 251 cm³/mol. The first kappa shape index (κ1) is 56.3. The molecule has 0 heterocycles. The summed E-state index contributed by atoms with van der Waals surface area (Å²) < 4.78 is 22.5. The van der Waals surface area contributed by atoms with Crippen LogP contribution in [0.15, 0.2) is 24.3 Å². The maximum atomic E-state index is 13.7. The van der Waals surface area contributed by atoms with Gasteiger partial charge >= 0.3 is 24.0 Å². The van der Waals surface area contributed by atoms with Crippen LogP contribution in [0.5, 0.6) is 0 Å². The standard InChI is InChI=1S/C49H84Cl2N2O8/c1-6-8-10-12-14-16-18-20-22-24-26-28-45(54)58-39-43(60-46(55)29-27-25-23-21-19-17-15-13-11-9-7-2)40-59-47(56)44(52-48(57)61-49(3,4)5)38-41-30-32-42(33-31-41)53(36-34-50)37-35-51/h30-33,43-44H,6-29,34-40H2,1-5H3,(H,52,57)/t43?,44-/m0/s1. The average Bonchev–Trinajstić information content (AvgIpc) is 3.22. The van der Waals surface area contributed by atoms with Gasteiger partial charge in [-0.1, -0.05) is 154 Å². The summed E-state index contributed by atoms with van der Waals surface area (Å²) in [5, 5.41) is 2.66. The Morgan fingerprint density at radius 2 is 1.03 bits per heavy atom. The highest BCUT2D eigenvalue weighted by Crippen LogP contribution is 2.19. The number of halogens is 2. The van der Waals surface area contributed by atoms with Crippen molar-refractivity contribution in [2.24, 2.45) is 0 Å². The number of rotatable bonds is 38. The number of hydrogen-bond donors (Lipinski definition) is 1. The van der Waals surface area contributed by atoms with Crippen molar-refractivity contribution in [3.8, 4) is 0 Å². The van der Waals surface area contributed by atoms with Crippen LogP contribution < -0.4 is 10.2 Å². The molecular formula is C49H84Cl2N2O8. The van der Waals surface area contributed by atoms with Crippen molar-refractivity contribution in [1.29, 1.82) is 0 Å². The van der Waals surface area contributed by atoms with Gasteiger partial charge in [-0.05, 0) is 51.3 Å². The first-order valence-electron chi connectivity index (χ1n) is 23.9. The largest absolute Gasteiger partial charge is 0.462 e. The summed E-state index contributed by atoms with van der Waals surface area (Å²) in [6.07, 6.45) is 24.6. The SMILES string of the molecule is CCCCCCCCCCCCCC(=O)OCC(COC(=O)[C@H](Cc1ccc(N(CCCl)CCCl)cc1)NC(=O)OC(C)(C)C)OC(=O)CCCCCCCCCCCCC. The third kappa shape index (κ3) is 31.7. The Morgan fingerprint density at radius 3 is 1.48 bits per heavy atom. The van der Waals surface area contributed by atoms with Gasteiger partial charge < -0.3 is 29.2 Å². The number of alkyl carbamates (subject to hydrolysis) is 1. The quantitative estimate of drug-likeness (QED) is 0.0299. The van der Waals surface area contributed by atoms with E-state index in [9.17, 15) is 19.2 Å². The van der Waals surface area contributed by atoms with Crippen molar-refractivity contribution in [2.45, 2.75) is 213 Å². The molecule has 352 valence electrons. The summed E-state index contributed by atoms with van der Waals surface area (Å²) in [4.78, 5) is 54.4. The second-order valence-electron chi connectivity index (χ2n) is 17.4. The fourth-order valence-corrected chi connectivity index (χ4v) is 7.47. The first-order chi connectivity index (χ1) is 29.4. The fraction of sp³-hybridized carbons (Fsp3) is 0.796. The molecule has 0 fully saturated rings. The zero-order valence-corrected chi connectivity index (χ0v) is 40.4. The molecular weight excluding hydrogens is 815 g/mol. The number of carbonyl (C=O) groups is 4. The summed E-state index contributed by atoms with van der Waals surface area (Å²) in [6.45, 7) is 10.4. The summed E-state index contributed by atoms with van der Waals surface area (Å²) in [7, 11) is 0. The highest BCUT2D eigenvalue weighted by molar-refractivity contribution is 6.18. The van der Waals surface area contributed by atoms with E-state index < -0.39 is 35.8 Å². The van der Waals surface area contributed by atoms with Crippen LogP contribution >= 0.6 is 23.2 Å². The van der Waals surface area contributed by atoms with Gasteiger partial charge in [0.25, 0.3) is 0 Å². The Balaban J connectivity index is 2.85. The van der Waals surface area contributed by atoms with Gasteiger partial charge in [-0.3, -0.25) is 9.59 Å². The maximum Gasteiger partial charge on any atom is 0.408 e. The van der Waals surface area contributed by atoms with Gasteiger partial charge in [0.05, 0.1) is 0 Å². The van der Waals surface area contributed by atoms with E-state index in [2.05, 4.69) is 24.1 Å². The Kier molecular flexibility index (Phi) is 33.9. The van der Waals surface area contributed by atoms with Gasteiger partial charge in [-0.15, -0.1) is 23.2 Å². The molecule has 0 saturated carbocycles. The lowest BCUT2D eigenvalue weighted by Crippen LogP contribution is -2.46. The van der Waals surface area contributed by atoms with Crippen LogP contribution in [-0.4, -0.2) is 79.8 Å². The molecule has 10 nitrogen and oxygen atoms in total. The minimum absolute atomic E-state index is 0.112. The minimum atomic E-state index is -1.11. The van der Waals surface area contributed by atoms with E-state index in [-0.39, 0.29) is 38.4 Å². The van der Waals surface area contributed by atoms with E-state index >= 15 is 0 Å². The summed E-state index contributed by atoms with van der Waals surface area (Å²) in [5.41, 5.74) is 0.906. The second-order valence-corrected chi connectivity index (χ2v) is 18.2. The number of carbonyl (C=O) groups excluding carboxylic acids is 4. The maximum absolute atomic E-state index is 13.7. The lowest BCUT2D eigenvalue weighted by Gasteiger charge is -2.25. The summed E-state index contributed by atoms with van der Waals surface area (Å²) in [5.74, 6) is -0.655. The van der Waals surface area contributed by atoms with E-state index in [1.807, 2.05) is 24.3 Å². The van der Waals surface area contributed by atoms with Crippen molar-refractivity contribution in [1.82, 2.24) is 5.32 Å². The molecule has 1 rings (SSSR count). The monoisotopic (exact) mass is 899 g/mol. The number of benzene rings is 1. The van der Waals surface area contributed by atoms with Gasteiger partial charge in [0.2, 0.25) is 0 Å². The third-order valence-corrected chi connectivity index (χ3v) is 10.9. The minimum Gasteiger partial charge on any atom is -0.462 e. The Hall–Kier alpha value is -2.72. The summed E-state index contributed by atoms with van der Waals surface area (Å²) >= 11 is 12.0. The molecule has 0 bridgehead atoms. The number of esters is 3. The van der Waals surface area contributed by atoms with E-state index in [0.29, 0.717) is 31.3 Å². The second kappa shape index (κ2) is 36.7. The number of unbranched alkanes of at least 4 members (excludes halogenated alkanes) is 20. The molecule has 0 spiro atoms. The van der Waals surface area contributed by atoms with Crippen LogP contribution in [0.3, 0.4) is 0 Å². The molecule has 0 saturated heterocycles. The highest BCUT2D eigenvalue weighted by atomic mass is 35.5. The van der Waals surface area contributed by atoms with Gasteiger partial charge in [0.1, 0.15) is 24.9 Å². The van der Waals surface area contributed by atoms with Crippen molar-refractivity contribution in [2.75, 3.05) is 43.0 Å². The van der Waals surface area contributed by atoms with Gasteiger partial charge in [-0.2, -0.15) is 0 Å². The molecule has 2 atom stereocenters. The molecule has 0 aliphatic heterocycles. The Bertz CT molecular complexity index is 1270. The average molecular weight is 900 g/mol. The number of nitrogens with zero attached hydrogens (tertiary/aromatic N) is 1. The third-order valence-electron chi connectivity index (χ3n) is 10.5. The molecule has 0 radical (unpaired) electrons. The number of ether oxygens (including phenoxy) is 4. The molecule has 1 unspecified atom stereocenters. The topological polar surface area (TPSA) is 120 Å². The molecule has 61 heavy (non-hydrogen) atoms. The van der Waals surface area contributed by atoms with E-state index in [4.69, 9.17) is 42.1 Å². The predicted octanol–water partition coefficient (Wildman–Crippen LogP) is 12.8. The van der Waals surface area contributed by atoms with Crippen LogP contribution in [0.1, 0.15) is 194 Å². The Labute approximate surface area is 380 Å². The van der Waals surface area contributed by atoms with Crippen LogP contribution in [0.4, 0.5) is 10.5 Å². The lowest BCUT2D eigenvalue weighted by molar-refractivity contribution is -0.167. The van der Waals surface area contributed by atoms with Crippen molar-refractivity contribution < 1.29 is 38.1 Å². The van der Waals surface area contributed by atoms with Gasteiger partial charge in [0, 0.05) is 49.8 Å².